The van der Waals surface area contributed by atoms with Crippen LogP contribution in [0, 0.1) is 19.7 Å². The molecule has 2 heterocycles. The summed E-state index contributed by atoms with van der Waals surface area (Å²) in [5.74, 6) is -1.79. The normalized spacial score (nSPS) is 11.0. The molecular weight excluding hydrogens is 317 g/mol. The predicted octanol–water partition coefficient (Wildman–Crippen LogP) is 2.72. The largest absolute Gasteiger partial charge is 0.477 e. The van der Waals surface area contributed by atoms with Gasteiger partial charge in [0.25, 0.3) is 5.56 Å². The number of fused-ring (bicyclic) bond motifs is 1. The zero-order valence-electron chi connectivity index (χ0n) is 13.2. The van der Waals surface area contributed by atoms with E-state index in [0.29, 0.717) is 5.56 Å². The molecule has 0 unspecified atom stereocenters. The summed E-state index contributed by atoms with van der Waals surface area (Å²) in [6.45, 7) is 3.24. The van der Waals surface area contributed by atoms with Crippen LogP contribution in [-0.2, 0) is 7.05 Å². The van der Waals surface area contributed by atoms with Gasteiger partial charge in [-0.25, -0.2) is 14.2 Å². The third-order valence-electron chi connectivity index (χ3n) is 3.63. The van der Waals surface area contributed by atoms with Crippen LogP contribution in [0.3, 0.4) is 0 Å². The molecule has 24 heavy (non-hydrogen) atoms. The number of aryl methyl sites for hydroxylation is 2. The Balaban J connectivity index is 2.30. The Morgan fingerprint density at radius 2 is 2.08 bits per heavy atom. The van der Waals surface area contributed by atoms with Crippen molar-refractivity contribution >= 4 is 28.6 Å². The molecule has 2 N–H and O–H groups in total. The van der Waals surface area contributed by atoms with Gasteiger partial charge in [-0.1, -0.05) is 6.07 Å². The van der Waals surface area contributed by atoms with E-state index in [2.05, 4.69) is 10.3 Å². The number of rotatable bonds is 3. The highest BCUT2D eigenvalue weighted by atomic mass is 19.1. The number of nitrogens with zero attached hydrogens (tertiary/aromatic N) is 2. The van der Waals surface area contributed by atoms with Gasteiger partial charge in [0.15, 0.2) is 17.0 Å². The van der Waals surface area contributed by atoms with Crippen molar-refractivity contribution in [2.24, 2.45) is 7.05 Å². The Morgan fingerprint density at radius 1 is 1.38 bits per heavy atom. The number of pyridine rings is 1. The number of carbonyl (C=O) groups is 1. The Hall–Kier alpha value is -3.16. The lowest BCUT2D eigenvalue weighted by molar-refractivity contribution is 0.0698. The van der Waals surface area contributed by atoms with E-state index < -0.39 is 17.3 Å². The van der Waals surface area contributed by atoms with Crippen molar-refractivity contribution in [2.45, 2.75) is 13.8 Å². The fourth-order valence-corrected chi connectivity index (χ4v) is 2.47. The van der Waals surface area contributed by atoms with Crippen molar-refractivity contribution < 1.29 is 18.7 Å². The number of anilines is 2. The quantitative estimate of drug-likeness (QED) is 0.766. The van der Waals surface area contributed by atoms with E-state index in [9.17, 15) is 19.1 Å². The van der Waals surface area contributed by atoms with Gasteiger partial charge in [0.2, 0.25) is 0 Å². The predicted molar refractivity (Wildman–Crippen MR) is 85.4 cm³/mol. The van der Waals surface area contributed by atoms with E-state index in [1.165, 1.54) is 26.1 Å². The average Bonchev–Trinajstić information content (AvgIpc) is 2.88. The standard InChI is InChI=1S/C16H14FN3O4/c1-7-4-5-10(9(17)6-7)19-14-11(16(22)23)13-12(15(21)20(14)3)18-8(2)24-13/h4-6,19H,1-3H3,(H,22,23). The number of aromatic nitrogens is 2. The SMILES string of the molecule is Cc1ccc(Nc2c(C(=O)O)c3oc(C)nc3c(=O)n2C)c(F)c1. The molecule has 0 atom stereocenters. The van der Waals surface area contributed by atoms with Gasteiger partial charge in [0.05, 0.1) is 5.69 Å². The minimum atomic E-state index is -1.32. The van der Waals surface area contributed by atoms with Crippen LogP contribution in [0.15, 0.2) is 27.4 Å². The first kappa shape index (κ1) is 15.7. The number of hydrogen-bond acceptors (Lipinski definition) is 5. The van der Waals surface area contributed by atoms with Gasteiger partial charge in [0.1, 0.15) is 17.2 Å². The second-order valence-electron chi connectivity index (χ2n) is 5.41. The summed E-state index contributed by atoms with van der Waals surface area (Å²) in [6.07, 6.45) is 0. The fourth-order valence-electron chi connectivity index (χ4n) is 2.47. The molecule has 0 spiro atoms. The minimum Gasteiger partial charge on any atom is -0.477 e. The van der Waals surface area contributed by atoms with Crippen molar-refractivity contribution in [1.82, 2.24) is 9.55 Å². The van der Waals surface area contributed by atoms with E-state index in [4.69, 9.17) is 4.42 Å². The third kappa shape index (κ3) is 2.41. The van der Waals surface area contributed by atoms with Crippen molar-refractivity contribution in [3.63, 3.8) is 0 Å². The lowest BCUT2D eigenvalue weighted by Gasteiger charge is -2.14. The van der Waals surface area contributed by atoms with Gasteiger partial charge >= 0.3 is 5.97 Å². The van der Waals surface area contributed by atoms with Crippen LogP contribution in [0.2, 0.25) is 0 Å². The maximum absolute atomic E-state index is 14.1. The smallest absolute Gasteiger partial charge is 0.343 e. The van der Waals surface area contributed by atoms with Crippen LogP contribution in [0.1, 0.15) is 21.8 Å². The number of aromatic carboxylic acids is 1. The van der Waals surface area contributed by atoms with E-state index >= 15 is 0 Å². The van der Waals surface area contributed by atoms with Crippen LogP contribution in [-0.4, -0.2) is 20.6 Å². The van der Waals surface area contributed by atoms with Crippen LogP contribution in [0.25, 0.3) is 11.1 Å². The molecule has 0 amide bonds. The van der Waals surface area contributed by atoms with Gasteiger partial charge in [0, 0.05) is 14.0 Å². The Labute approximate surface area is 135 Å². The molecular formula is C16H14FN3O4. The van der Waals surface area contributed by atoms with Crippen molar-refractivity contribution in [3.05, 3.63) is 51.4 Å². The van der Waals surface area contributed by atoms with Crippen molar-refractivity contribution in [2.75, 3.05) is 5.32 Å². The van der Waals surface area contributed by atoms with Crippen LogP contribution in [0.5, 0.6) is 0 Å². The summed E-state index contributed by atoms with van der Waals surface area (Å²) in [4.78, 5) is 28.0. The van der Waals surface area contributed by atoms with Crippen LogP contribution < -0.4 is 10.9 Å². The summed E-state index contributed by atoms with van der Waals surface area (Å²) in [5, 5.41) is 12.2. The third-order valence-corrected chi connectivity index (χ3v) is 3.63. The monoisotopic (exact) mass is 331 g/mol. The molecule has 7 nitrogen and oxygen atoms in total. The van der Waals surface area contributed by atoms with Gasteiger partial charge in [-0.3, -0.25) is 9.36 Å². The first-order chi connectivity index (χ1) is 11.3. The van der Waals surface area contributed by atoms with Gasteiger partial charge in [-0.05, 0) is 24.6 Å². The highest BCUT2D eigenvalue weighted by Crippen LogP contribution is 2.28. The number of oxazole rings is 1. The van der Waals surface area contributed by atoms with E-state index in [1.807, 2.05) is 0 Å². The summed E-state index contributed by atoms with van der Waals surface area (Å²) >= 11 is 0. The lowest BCUT2D eigenvalue weighted by Crippen LogP contribution is -2.23. The highest BCUT2D eigenvalue weighted by Gasteiger charge is 2.25. The van der Waals surface area contributed by atoms with Crippen molar-refractivity contribution in [1.29, 1.82) is 0 Å². The Bertz CT molecular complexity index is 1040. The molecule has 0 saturated heterocycles. The second kappa shape index (κ2) is 5.48. The Morgan fingerprint density at radius 3 is 2.71 bits per heavy atom. The molecule has 0 bridgehead atoms. The van der Waals surface area contributed by atoms with E-state index in [-0.39, 0.29) is 34.1 Å². The molecule has 3 rings (SSSR count). The highest BCUT2D eigenvalue weighted by molar-refractivity contribution is 6.05. The van der Waals surface area contributed by atoms with Crippen molar-refractivity contribution in [3.8, 4) is 0 Å². The number of carboxylic acid groups (broad SMARTS) is 1. The molecule has 0 saturated carbocycles. The first-order valence-corrected chi connectivity index (χ1v) is 7.06. The number of benzene rings is 1. The molecule has 0 radical (unpaired) electrons. The number of halogens is 1. The molecule has 0 aliphatic carbocycles. The molecule has 3 aromatic rings. The molecule has 8 heteroatoms. The maximum Gasteiger partial charge on any atom is 0.343 e. The maximum atomic E-state index is 14.1. The molecule has 0 fully saturated rings. The van der Waals surface area contributed by atoms with Gasteiger partial charge in [-0.2, -0.15) is 0 Å². The topological polar surface area (TPSA) is 97.4 Å². The van der Waals surface area contributed by atoms with Gasteiger partial charge < -0.3 is 14.8 Å². The zero-order chi connectivity index (χ0) is 17.6. The molecule has 1 aromatic carbocycles. The summed E-state index contributed by atoms with van der Waals surface area (Å²) in [6, 6.07) is 4.44. The minimum absolute atomic E-state index is 0.0497. The van der Waals surface area contributed by atoms with Crippen LogP contribution >= 0.6 is 0 Å². The molecule has 2 aromatic heterocycles. The summed E-state index contributed by atoms with van der Waals surface area (Å²) in [5.41, 5.74) is -0.282. The van der Waals surface area contributed by atoms with E-state index in [0.717, 1.165) is 4.57 Å². The van der Waals surface area contributed by atoms with Crippen LogP contribution in [0.4, 0.5) is 15.9 Å². The number of nitrogens with one attached hydrogen (secondary N) is 1. The average molecular weight is 331 g/mol. The lowest BCUT2D eigenvalue weighted by atomic mass is 10.2. The zero-order valence-corrected chi connectivity index (χ0v) is 13.2. The molecule has 124 valence electrons. The second-order valence-corrected chi connectivity index (χ2v) is 5.41. The fraction of sp³-hybridized carbons (Fsp3) is 0.188. The Kier molecular flexibility index (Phi) is 3.59. The number of carboxylic acids is 1. The number of hydrogen-bond donors (Lipinski definition) is 2. The summed E-state index contributed by atoms with van der Waals surface area (Å²) < 4.78 is 20.4. The molecule has 0 aliphatic rings. The molecule has 0 aliphatic heterocycles. The summed E-state index contributed by atoms with van der Waals surface area (Å²) in [7, 11) is 1.38. The first-order valence-electron chi connectivity index (χ1n) is 7.06. The van der Waals surface area contributed by atoms with Gasteiger partial charge in [-0.15, -0.1) is 0 Å². The van der Waals surface area contributed by atoms with E-state index in [1.54, 1.807) is 13.0 Å².